The Morgan fingerprint density at radius 2 is 1.94 bits per heavy atom. The number of rotatable bonds is 2. The van der Waals surface area contributed by atoms with E-state index in [9.17, 15) is 22.8 Å². The minimum Gasteiger partial charge on any atom is -0.338 e. The molecule has 10 heteroatoms. The lowest BCUT2D eigenvalue weighted by Crippen LogP contribution is -2.54. The van der Waals surface area contributed by atoms with Crippen LogP contribution >= 0.6 is 0 Å². The topological polar surface area (TPSA) is 80.5 Å². The van der Waals surface area contributed by atoms with Gasteiger partial charge in [0.2, 0.25) is 5.91 Å². The number of fused-ring (bicyclic) bond motifs is 1. The van der Waals surface area contributed by atoms with Gasteiger partial charge in [-0.05, 0) is 55.0 Å². The zero-order valence-corrected chi connectivity index (χ0v) is 19.0. The summed E-state index contributed by atoms with van der Waals surface area (Å²) in [4.78, 5) is 33.8. The van der Waals surface area contributed by atoms with Crippen molar-refractivity contribution in [2.75, 3.05) is 16.3 Å². The number of carbonyl (C=O) groups is 2. The molecule has 2 fully saturated rings. The van der Waals surface area contributed by atoms with E-state index >= 15 is 0 Å². The Morgan fingerprint density at radius 1 is 1.20 bits per heavy atom. The van der Waals surface area contributed by atoms with Crippen molar-refractivity contribution in [2.45, 2.75) is 50.9 Å². The standard InChI is InChI=1S/C25H22F3N5O2/c1-15-32(20-11-21(25(26,27)28)22(12-29)30-13-20)23(35)24(7-3-8-24)33(15)19-5-4-18-14-31(16(2)34)9-6-17(18)10-19/h4-5,10-11,13H,1,3,6-9,14H2,2H3. The highest BCUT2D eigenvalue weighted by Gasteiger charge is 2.59. The van der Waals surface area contributed by atoms with Gasteiger partial charge in [0, 0.05) is 25.7 Å². The molecule has 1 saturated heterocycles. The summed E-state index contributed by atoms with van der Waals surface area (Å²) in [5.41, 5.74) is -0.110. The van der Waals surface area contributed by atoms with Crippen molar-refractivity contribution in [1.82, 2.24) is 9.88 Å². The summed E-state index contributed by atoms with van der Waals surface area (Å²) in [6.45, 7) is 6.73. The molecule has 35 heavy (non-hydrogen) atoms. The number of nitriles is 1. The zero-order chi connectivity index (χ0) is 25.1. The molecular formula is C25H22F3N5O2. The highest BCUT2D eigenvalue weighted by Crippen LogP contribution is 2.51. The molecule has 180 valence electrons. The van der Waals surface area contributed by atoms with Gasteiger partial charge >= 0.3 is 6.18 Å². The summed E-state index contributed by atoms with van der Waals surface area (Å²) in [5, 5.41) is 9.07. The number of benzene rings is 1. The Balaban J connectivity index is 1.54. The molecule has 3 aliphatic rings. The molecule has 2 amide bonds. The van der Waals surface area contributed by atoms with Gasteiger partial charge in [0.1, 0.15) is 17.4 Å². The van der Waals surface area contributed by atoms with Crippen molar-refractivity contribution in [3.63, 3.8) is 0 Å². The highest BCUT2D eigenvalue weighted by molar-refractivity contribution is 6.10. The van der Waals surface area contributed by atoms with E-state index in [0.29, 0.717) is 32.4 Å². The number of amides is 2. The van der Waals surface area contributed by atoms with Crippen molar-refractivity contribution in [2.24, 2.45) is 0 Å². The molecule has 0 unspecified atom stereocenters. The van der Waals surface area contributed by atoms with Crippen LogP contribution in [0.1, 0.15) is 48.6 Å². The third kappa shape index (κ3) is 3.45. The van der Waals surface area contributed by atoms with Crippen LogP contribution in [0.15, 0.2) is 42.9 Å². The number of hydrogen-bond donors (Lipinski definition) is 0. The Hall–Kier alpha value is -3.87. The maximum Gasteiger partial charge on any atom is 0.419 e. The third-order valence-electron chi connectivity index (χ3n) is 7.17. The van der Waals surface area contributed by atoms with Gasteiger partial charge in [0.15, 0.2) is 5.69 Å². The van der Waals surface area contributed by atoms with Crippen molar-refractivity contribution in [3.8, 4) is 6.07 Å². The van der Waals surface area contributed by atoms with Crippen molar-refractivity contribution < 1.29 is 22.8 Å². The second kappa shape index (κ2) is 7.83. The number of halogens is 3. The van der Waals surface area contributed by atoms with Crippen LogP contribution in [-0.2, 0) is 28.7 Å². The van der Waals surface area contributed by atoms with Crippen LogP contribution in [0.3, 0.4) is 0 Å². The molecule has 2 aromatic rings. The number of hydrogen-bond acceptors (Lipinski definition) is 5. The normalized spacial score (nSPS) is 19.0. The molecule has 1 saturated carbocycles. The first-order valence-electron chi connectivity index (χ1n) is 11.3. The van der Waals surface area contributed by atoms with Crippen LogP contribution < -0.4 is 9.80 Å². The van der Waals surface area contributed by atoms with E-state index in [-0.39, 0.29) is 23.3 Å². The summed E-state index contributed by atoms with van der Waals surface area (Å²) >= 11 is 0. The molecule has 0 radical (unpaired) electrons. The fourth-order valence-electron chi connectivity index (χ4n) is 5.21. The van der Waals surface area contributed by atoms with E-state index in [1.54, 1.807) is 4.90 Å². The molecule has 1 spiro atoms. The number of anilines is 2. The van der Waals surface area contributed by atoms with E-state index in [1.807, 2.05) is 23.1 Å². The first kappa shape index (κ1) is 22.9. The summed E-state index contributed by atoms with van der Waals surface area (Å²) in [6, 6.07) is 8.02. The van der Waals surface area contributed by atoms with E-state index in [4.69, 9.17) is 5.26 Å². The molecule has 2 aliphatic heterocycles. The quantitative estimate of drug-likeness (QED) is 0.645. The third-order valence-corrected chi connectivity index (χ3v) is 7.17. The molecule has 1 aromatic heterocycles. The van der Waals surface area contributed by atoms with Crippen LogP contribution in [-0.4, -0.2) is 33.8 Å². The largest absolute Gasteiger partial charge is 0.419 e. The van der Waals surface area contributed by atoms with E-state index < -0.39 is 23.0 Å². The molecule has 1 aliphatic carbocycles. The maximum absolute atomic E-state index is 13.6. The van der Waals surface area contributed by atoms with Crippen LogP contribution in [0.5, 0.6) is 0 Å². The zero-order valence-electron chi connectivity index (χ0n) is 19.0. The Bertz CT molecular complexity index is 1310. The van der Waals surface area contributed by atoms with Crippen molar-refractivity contribution >= 4 is 23.2 Å². The predicted octanol–water partition coefficient (Wildman–Crippen LogP) is 4.12. The van der Waals surface area contributed by atoms with Gasteiger partial charge in [-0.25, -0.2) is 4.98 Å². The summed E-state index contributed by atoms with van der Waals surface area (Å²) in [6.07, 6.45) is -1.11. The molecule has 1 aromatic carbocycles. The fraction of sp³-hybridized carbons (Fsp3) is 0.360. The molecule has 7 nitrogen and oxygen atoms in total. The molecule has 5 rings (SSSR count). The smallest absolute Gasteiger partial charge is 0.338 e. The predicted molar refractivity (Wildman–Crippen MR) is 121 cm³/mol. The van der Waals surface area contributed by atoms with Crippen LogP contribution in [0.25, 0.3) is 0 Å². The van der Waals surface area contributed by atoms with Crippen molar-refractivity contribution in [1.29, 1.82) is 5.26 Å². The average molecular weight is 481 g/mol. The minimum absolute atomic E-state index is 0.0107. The van der Waals surface area contributed by atoms with Crippen LogP contribution in [0, 0.1) is 11.3 Å². The van der Waals surface area contributed by atoms with Crippen molar-refractivity contribution in [3.05, 3.63) is 65.2 Å². The number of nitrogens with zero attached hydrogens (tertiary/aromatic N) is 5. The van der Waals surface area contributed by atoms with Crippen LogP contribution in [0.2, 0.25) is 0 Å². The number of aromatic nitrogens is 1. The van der Waals surface area contributed by atoms with E-state index in [2.05, 4.69) is 11.6 Å². The molecule has 0 atom stereocenters. The lowest BCUT2D eigenvalue weighted by molar-refractivity contribution is -0.138. The monoisotopic (exact) mass is 481 g/mol. The van der Waals surface area contributed by atoms with Gasteiger partial charge in [-0.1, -0.05) is 12.6 Å². The lowest BCUT2D eigenvalue weighted by atomic mass is 9.75. The van der Waals surface area contributed by atoms with Gasteiger partial charge in [-0.15, -0.1) is 0 Å². The first-order chi connectivity index (χ1) is 16.6. The Kier molecular flexibility index (Phi) is 5.13. The average Bonchev–Trinajstić information content (AvgIpc) is 3.04. The second-order valence-corrected chi connectivity index (χ2v) is 9.12. The lowest BCUT2D eigenvalue weighted by Gasteiger charge is -2.43. The van der Waals surface area contributed by atoms with Gasteiger partial charge in [0.05, 0.1) is 17.4 Å². The molecule has 0 bridgehead atoms. The number of pyridine rings is 1. The fourth-order valence-corrected chi connectivity index (χ4v) is 5.21. The summed E-state index contributed by atoms with van der Waals surface area (Å²) in [7, 11) is 0. The van der Waals surface area contributed by atoms with E-state index in [1.165, 1.54) is 17.9 Å². The summed E-state index contributed by atoms with van der Waals surface area (Å²) < 4.78 is 40.7. The molecule has 0 N–H and O–H groups in total. The SMILES string of the molecule is C=C1N(c2cnc(C#N)c(C(F)(F)F)c2)C(=O)C2(CCC2)N1c1ccc2c(c1)CCN(C(C)=O)C2. The van der Waals surface area contributed by atoms with Gasteiger partial charge in [-0.3, -0.25) is 14.5 Å². The highest BCUT2D eigenvalue weighted by atomic mass is 19.4. The summed E-state index contributed by atoms with van der Waals surface area (Å²) in [5.74, 6) is -0.0964. The van der Waals surface area contributed by atoms with E-state index in [0.717, 1.165) is 35.5 Å². The number of alkyl halides is 3. The van der Waals surface area contributed by atoms with Gasteiger partial charge in [-0.2, -0.15) is 18.4 Å². The minimum atomic E-state index is -4.79. The molecule has 3 heterocycles. The Morgan fingerprint density at radius 3 is 2.54 bits per heavy atom. The van der Waals surface area contributed by atoms with Crippen LogP contribution in [0.4, 0.5) is 24.5 Å². The first-order valence-corrected chi connectivity index (χ1v) is 11.3. The Labute approximate surface area is 200 Å². The van der Waals surface area contributed by atoms with Gasteiger partial charge in [0.25, 0.3) is 5.91 Å². The molecular weight excluding hydrogens is 459 g/mol. The second-order valence-electron chi connectivity index (χ2n) is 9.12. The maximum atomic E-state index is 13.6. The number of carbonyl (C=O) groups excluding carboxylic acids is 2. The van der Waals surface area contributed by atoms with Gasteiger partial charge < -0.3 is 9.80 Å².